The van der Waals surface area contributed by atoms with Gasteiger partial charge in [0.1, 0.15) is 0 Å². The number of carbonyl (C=O) groups is 1. The quantitative estimate of drug-likeness (QED) is 0.849. The van der Waals surface area contributed by atoms with Crippen molar-refractivity contribution >= 4 is 36.4 Å². The number of rotatable bonds is 3. The van der Waals surface area contributed by atoms with Gasteiger partial charge < -0.3 is 19.9 Å². The number of amides is 1. The van der Waals surface area contributed by atoms with Crippen molar-refractivity contribution in [2.24, 2.45) is 0 Å². The van der Waals surface area contributed by atoms with Gasteiger partial charge in [-0.1, -0.05) is 0 Å². The molecule has 0 aliphatic carbocycles. The molecule has 2 aliphatic rings. The fraction of sp³-hybridized carbons (Fsp3) is 0.647. The summed E-state index contributed by atoms with van der Waals surface area (Å²) in [7, 11) is 0. The zero-order valence-electron chi connectivity index (χ0n) is 14.6. The molecule has 0 saturated carbocycles. The molecule has 0 spiro atoms. The van der Waals surface area contributed by atoms with E-state index in [9.17, 15) is 4.79 Å². The smallest absolute Gasteiger partial charge is 0.225 e. The number of anilines is 1. The van der Waals surface area contributed by atoms with E-state index in [1.165, 1.54) is 11.3 Å². The first kappa shape index (κ1) is 22.0. The molecule has 2 saturated heterocycles. The predicted molar refractivity (Wildman–Crippen MR) is 104 cm³/mol. The molecule has 0 bridgehead atoms. The summed E-state index contributed by atoms with van der Waals surface area (Å²) in [5.74, 6) is 0.215. The van der Waals surface area contributed by atoms with Crippen molar-refractivity contribution in [2.45, 2.75) is 25.9 Å². The molecule has 1 unspecified atom stereocenters. The monoisotopic (exact) mass is 390 g/mol. The minimum absolute atomic E-state index is 0. The Kier molecular flexibility index (Phi) is 9.50. The van der Waals surface area contributed by atoms with Crippen molar-refractivity contribution in [1.82, 2.24) is 15.2 Å². The van der Waals surface area contributed by atoms with Crippen molar-refractivity contribution in [1.29, 1.82) is 0 Å². The second kappa shape index (κ2) is 10.8. The standard InChI is InChI=1S/C17H26N4O2.2ClH/c1-14-12-18-4-3-16(14)20-6-2-7-21(9-8-20)17(22)11-15-13-19-5-10-23-15;;/h3-4,12,15,19H,2,5-11,13H2,1H3;2*1H. The van der Waals surface area contributed by atoms with Gasteiger partial charge in [0.05, 0.1) is 19.1 Å². The van der Waals surface area contributed by atoms with E-state index in [0.29, 0.717) is 13.0 Å². The Morgan fingerprint density at radius 2 is 2.16 bits per heavy atom. The number of nitrogens with one attached hydrogen (secondary N) is 1. The zero-order chi connectivity index (χ0) is 16.1. The van der Waals surface area contributed by atoms with Gasteiger partial charge in [0.2, 0.25) is 5.91 Å². The van der Waals surface area contributed by atoms with Crippen molar-refractivity contribution < 1.29 is 9.53 Å². The highest BCUT2D eigenvalue weighted by Crippen LogP contribution is 2.20. The van der Waals surface area contributed by atoms with E-state index in [1.807, 2.05) is 17.3 Å². The first-order chi connectivity index (χ1) is 11.2. The van der Waals surface area contributed by atoms with Crippen LogP contribution in [-0.2, 0) is 9.53 Å². The molecule has 25 heavy (non-hydrogen) atoms. The second-order valence-electron chi connectivity index (χ2n) is 6.28. The molecule has 1 N–H and O–H groups in total. The first-order valence-electron chi connectivity index (χ1n) is 8.49. The Labute approximate surface area is 162 Å². The topological polar surface area (TPSA) is 57.7 Å². The number of halogens is 2. The van der Waals surface area contributed by atoms with Crippen LogP contribution in [0, 0.1) is 6.92 Å². The van der Waals surface area contributed by atoms with Crippen LogP contribution >= 0.6 is 24.8 Å². The maximum absolute atomic E-state index is 12.5. The van der Waals surface area contributed by atoms with Crippen LogP contribution in [0.5, 0.6) is 0 Å². The number of ether oxygens (including phenoxy) is 1. The van der Waals surface area contributed by atoms with Crippen LogP contribution in [0.4, 0.5) is 5.69 Å². The van der Waals surface area contributed by atoms with Gasteiger partial charge in [-0.15, -0.1) is 24.8 Å². The first-order valence-corrected chi connectivity index (χ1v) is 8.49. The van der Waals surface area contributed by atoms with Crippen molar-refractivity contribution in [3.8, 4) is 0 Å². The molecular formula is C17H28Cl2N4O2. The Morgan fingerprint density at radius 3 is 2.88 bits per heavy atom. The number of hydrogen-bond acceptors (Lipinski definition) is 5. The third kappa shape index (κ3) is 5.99. The number of pyridine rings is 1. The maximum Gasteiger partial charge on any atom is 0.225 e. The van der Waals surface area contributed by atoms with Crippen LogP contribution in [0.25, 0.3) is 0 Å². The summed E-state index contributed by atoms with van der Waals surface area (Å²) in [6.07, 6.45) is 5.25. The molecule has 2 fully saturated rings. The summed E-state index contributed by atoms with van der Waals surface area (Å²) in [5, 5.41) is 3.28. The summed E-state index contributed by atoms with van der Waals surface area (Å²) in [6, 6.07) is 2.06. The zero-order valence-corrected chi connectivity index (χ0v) is 16.3. The van der Waals surface area contributed by atoms with E-state index in [1.54, 1.807) is 0 Å². The Bertz CT molecular complexity index is 541. The Hall–Kier alpha value is -1.08. The molecule has 6 nitrogen and oxygen atoms in total. The molecule has 1 amide bonds. The van der Waals surface area contributed by atoms with Crippen LogP contribution in [0.15, 0.2) is 18.5 Å². The Balaban J connectivity index is 0.00000156. The van der Waals surface area contributed by atoms with Crippen molar-refractivity contribution in [2.75, 3.05) is 50.8 Å². The van der Waals surface area contributed by atoms with Gasteiger partial charge in [-0.25, -0.2) is 0 Å². The summed E-state index contributed by atoms with van der Waals surface area (Å²) >= 11 is 0. The third-order valence-electron chi connectivity index (χ3n) is 4.59. The number of carbonyl (C=O) groups excluding carboxylic acids is 1. The lowest BCUT2D eigenvalue weighted by Gasteiger charge is -2.27. The van der Waals surface area contributed by atoms with Gasteiger partial charge in [0.15, 0.2) is 0 Å². The highest BCUT2D eigenvalue weighted by Gasteiger charge is 2.24. The summed E-state index contributed by atoms with van der Waals surface area (Å²) in [5.41, 5.74) is 2.42. The molecule has 8 heteroatoms. The molecule has 3 heterocycles. The van der Waals surface area contributed by atoms with E-state index >= 15 is 0 Å². The van der Waals surface area contributed by atoms with E-state index in [-0.39, 0.29) is 36.8 Å². The lowest BCUT2D eigenvalue weighted by Crippen LogP contribution is -2.43. The van der Waals surface area contributed by atoms with Crippen LogP contribution in [0.3, 0.4) is 0 Å². The molecule has 3 rings (SSSR count). The normalized spacial score (nSPS) is 20.9. The van der Waals surface area contributed by atoms with Crippen LogP contribution in [0.1, 0.15) is 18.4 Å². The fourth-order valence-electron chi connectivity index (χ4n) is 3.30. The molecule has 1 aromatic heterocycles. The highest BCUT2D eigenvalue weighted by atomic mass is 35.5. The number of hydrogen-bond donors (Lipinski definition) is 1. The summed E-state index contributed by atoms with van der Waals surface area (Å²) in [6.45, 7) is 7.92. The van der Waals surface area contributed by atoms with E-state index in [0.717, 1.165) is 45.7 Å². The predicted octanol–water partition coefficient (Wildman–Crippen LogP) is 1.65. The van der Waals surface area contributed by atoms with E-state index in [4.69, 9.17) is 4.74 Å². The average molecular weight is 391 g/mol. The van der Waals surface area contributed by atoms with Crippen LogP contribution in [0.2, 0.25) is 0 Å². The maximum atomic E-state index is 12.5. The van der Waals surface area contributed by atoms with Gasteiger partial charge in [-0.05, 0) is 25.0 Å². The lowest BCUT2D eigenvalue weighted by molar-refractivity contribution is -0.134. The molecule has 2 aliphatic heterocycles. The number of morpholine rings is 1. The van der Waals surface area contributed by atoms with Gasteiger partial charge in [-0.3, -0.25) is 9.78 Å². The molecule has 142 valence electrons. The number of aromatic nitrogens is 1. The summed E-state index contributed by atoms with van der Waals surface area (Å²) in [4.78, 5) is 21.0. The van der Waals surface area contributed by atoms with Crippen molar-refractivity contribution in [3.05, 3.63) is 24.0 Å². The number of nitrogens with zero attached hydrogens (tertiary/aromatic N) is 3. The van der Waals surface area contributed by atoms with Gasteiger partial charge >= 0.3 is 0 Å². The molecular weight excluding hydrogens is 363 g/mol. The van der Waals surface area contributed by atoms with Crippen molar-refractivity contribution in [3.63, 3.8) is 0 Å². The fourth-order valence-corrected chi connectivity index (χ4v) is 3.30. The third-order valence-corrected chi connectivity index (χ3v) is 4.59. The van der Waals surface area contributed by atoms with Gasteiger partial charge in [-0.2, -0.15) is 0 Å². The molecule has 0 aromatic carbocycles. The SMILES string of the molecule is Cc1cnccc1N1CCCN(C(=O)CC2CNCCO2)CC1.Cl.Cl. The number of aryl methyl sites for hydroxylation is 1. The van der Waals surface area contributed by atoms with Gasteiger partial charge in [0.25, 0.3) is 0 Å². The van der Waals surface area contributed by atoms with E-state index in [2.05, 4.69) is 28.2 Å². The lowest BCUT2D eigenvalue weighted by atomic mass is 10.2. The molecule has 1 atom stereocenters. The average Bonchev–Trinajstić information content (AvgIpc) is 2.82. The largest absolute Gasteiger partial charge is 0.375 e. The van der Waals surface area contributed by atoms with Crippen LogP contribution < -0.4 is 10.2 Å². The van der Waals surface area contributed by atoms with E-state index < -0.39 is 0 Å². The minimum atomic E-state index is 0. The summed E-state index contributed by atoms with van der Waals surface area (Å²) < 4.78 is 5.65. The molecule has 0 radical (unpaired) electrons. The minimum Gasteiger partial charge on any atom is -0.375 e. The van der Waals surface area contributed by atoms with Gasteiger partial charge in [0, 0.05) is 57.3 Å². The Morgan fingerprint density at radius 1 is 1.32 bits per heavy atom. The highest BCUT2D eigenvalue weighted by molar-refractivity contribution is 5.85. The molecule has 1 aromatic rings. The van der Waals surface area contributed by atoms with Crippen LogP contribution in [-0.4, -0.2) is 67.8 Å². The second-order valence-corrected chi connectivity index (χ2v) is 6.28.